The Labute approximate surface area is 251 Å². The summed E-state index contributed by atoms with van der Waals surface area (Å²) in [7, 11) is -4.20. The maximum atomic E-state index is 13.9. The zero-order chi connectivity index (χ0) is 30.8. The van der Waals surface area contributed by atoms with Gasteiger partial charge in [0.25, 0.3) is 10.0 Å². The van der Waals surface area contributed by atoms with Crippen molar-refractivity contribution < 1.29 is 27.1 Å². The first-order valence-corrected chi connectivity index (χ1v) is 15.4. The summed E-state index contributed by atoms with van der Waals surface area (Å²) in [4.78, 5) is 28.2. The van der Waals surface area contributed by atoms with Crippen LogP contribution >= 0.6 is 0 Å². The van der Waals surface area contributed by atoms with E-state index >= 15 is 0 Å². The number of carbonyl (C=O) groups excluding carboxylic acids is 2. The average Bonchev–Trinajstić information content (AvgIpc) is 3.03. The molecule has 4 aromatic rings. The molecule has 0 aliphatic rings. The summed E-state index contributed by atoms with van der Waals surface area (Å²) in [5, 5.41) is 2.79. The van der Waals surface area contributed by atoms with Crippen LogP contribution in [0.1, 0.15) is 25.8 Å². The molecule has 2 amide bonds. The minimum atomic E-state index is -4.20. The maximum absolute atomic E-state index is 13.9. The monoisotopic (exact) mass is 603 g/mol. The average molecular weight is 604 g/mol. The number of hydrogen-bond donors (Lipinski definition) is 1. The molecule has 1 N–H and O–H groups in total. The van der Waals surface area contributed by atoms with E-state index in [1.807, 2.05) is 25.1 Å². The molecule has 0 aliphatic heterocycles. The normalized spacial score (nSPS) is 11.8. The Bertz CT molecular complexity index is 1600. The van der Waals surface area contributed by atoms with Gasteiger partial charge < -0.3 is 15.0 Å². The van der Waals surface area contributed by atoms with Gasteiger partial charge in [-0.1, -0.05) is 55.5 Å². The molecule has 43 heavy (non-hydrogen) atoms. The number of rotatable bonds is 13. The third-order valence-corrected chi connectivity index (χ3v) is 8.48. The zero-order valence-electron chi connectivity index (χ0n) is 24.0. The molecule has 0 heterocycles. The van der Waals surface area contributed by atoms with Gasteiger partial charge >= 0.3 is 0 Å². The van der Waals surface area contributed by atoms with Gasteiger partial charge in [-0.25, -0.2) is 12.8 Å². The van der Waals surface area contributed by atoms with Gasteiger partial charge in [-0.05, 0) is 79.6 Å². The fourth-order valence-electron chi connectivity index (χ4n) is 4.32. The lowest BCUT2D eigenvalue weighted by atomic mass is 10.1. The van der Waals surface area contributed by atoms with Crippen LogP contribution in [0.3, 0.4) is 0 Å². The minimum Gasteiger partial charge on any atom is -0.457 e. The maximum Gasteiger partial charge on any atom is 0.264 e. The molecule has 1 atom stereocenters. The van der Waals surface area contributed by atoms with Crippen LogP contribution in [0.5, 0.6) is 11.5 Å². The number of nitrogens with zero attached hydrogens (tertiary/aromatic N) is 2. The van der Waals surface area contributed by atoms with Crippen molar-refractivity contribution >= 4 is 27.5 Å². The largest absolute Gasteiger partial charge is 0.457 e. The van der Waals surface area contributed by atoms with Gasteiger partial charge in [-0.2, -0.15) is 0 Å². The van der Waals surface area contributed by atoms with Crippen molar-refractivity contribution in [2.45, 2.75) is 37.8 Å². The number of ether oxygens (including phenoxy) is 1. The molecule has 4 rings (SSSR count). The lowest BCUT2D eigenvalue weighted by molar-refractivity contribution is -0.139. The molecular formula is C33H34FN3O5S. The third kappa shape index (κ3) is 8.20. The van der Waals surface area contributed by atoms with Crippen molar-refractivity contribution in [1.29, 1.82) is 0 Å². The first-order chi connectivity index (χ1) is 20.7. The molecule has 0 saturated carbocycles. The minimum absolute atomic E-state index is 0.00577. The van der Waals surface area contributed by atoms with E-state index in [1.54, 1.807) is 61.5 Å². The van der Waals surface area contributed by atoms with E-state index in [9.17, 15) is 22.4 Å². The zero-order valence-corrected chi connectivity index (χ0v) is 24.8. The van der Waals surface area contributed by atoms with Crippen LogP contribution in [0.25, 0.3) is 0 Å². The predicted octanol–water partition coefficient (Wildman–Crippen LogP) is 5.76. The van der Waals surface area contributed by atoms with Gasteiger partial charge in [-0.3, -0.25) is 13.9 Å². The van der Waals surface area contributed by atoms with Crippen molar-refractivity contribution in [3.05, 3.63) is 121 Å². The van der Waals surface area contributed by atoms with E-state index in [2.05, 4.69) is 5.32 Å². The van der Waals surface area contributed by atoms with Crippen molar-refractivity contribution in [3.63, 3.8) is 0 Å². The highest BCUT2D eigenvalue weighted by atomic mass is 32.2. The number of sulfonamides is 1. The highest BCUT2D eigenvalue weighted by Gasteiger charge is 2.32. The quantitative estimate of drug-likeness (QED) is 0.210. The lowest BCUT2D eigenvalue weighted by Crippen LogP contribution is -2.51. The molecule has 0 aromatic heterocycles. The van der Waals surface area contributed by atoms with E-state index in [0.29, 0.717) is 30.0 Å². The number of amides is 2. The van der Waals surface area contributed by atoms with Crippen LogP contribution < -0.4 is 14.4 Å². The Kier molecular flexibility index (Phi) is 10.5. The molecule has 0 fully saturated rings. The standard InChI is InChI=1S/C33H34FN3O5S/c1-3-22-35-33(39)25(2)36(23-26-14-16-27(34)17-15-26)32(38)24-37(43(40,41)31-12-8-5-9-13-31)28-18-20-30(21-19-28)42-29-10-6-4-7-11-29/h4-21,25H,3,22-24H2,1-2H3,(H,35,39). The Morgan fingerprint density at radius 3 is 2.02 bits per heavy atom. The van der Waals surface area contributed by atoms with Crippen LogP contribution in [0.4, 0.5) is 10.1 Å². The number of hydrogen-bond acceptors (Lipinski definition) is 5. The van der Waals surface area contributed by atoms with Gasteiger partial charge in [0.2, 0.25) is 11.8 Å². The summed E-state index contributed by atoms with van der Waals surface area (Å²) in [5.74, 6) is -0.316. The van der Waals surface area contributed by atoms with Crippen LogP contribution in [-0.4, -0.2) is 44.3 Å². The molecular weight excluding hydrogens is 569 g/mol. The van der Waals surface area contributed by atoms with Gasteiger partial charge in [0.1, 0.15) is 29.9 Å². The Balaban J connectivity index is 1.68. The number of anilines is 1. The smallest absolute Gasteiger partial charge is 0.264 e. The number of halogens is 1. The highest BCUT2D eigenvalue weighted by molar-refractivity contribution is 7.92. The fourth-order valence-corrected chi connectivity index (χ4v) is 5.75. The molecule has 0 radical (unpaired) electrons. The summed E-state index contributed by atoms with van der Waals surface area (Å²) in [5.41, 5.74) is 0.826. The SMILES string of the molecule is CCCNC(=O)C(C)N(Cc1ccc(F)cc1)C(=O)CN(c1ccc(Oc2ccccc2)cc1)S(=O)(=O)c1ccccc1. The molecule has 10 heteroatoms. The Morgan fingerprint density at radius 1 is 0.837 bits per heavy atom. The Morgan fingerprint density at radius 2 is 1.42 bits per heavy atom. The summed E-state index contributed by atoms with van der Waals surface area (Å²) < 4.78 is 48.3. The summed E-state index contributed by atoms with van der Waals surface area (Å²) in [6.45, 7) is 3.31. The number of carbonyl (C=O) groups is 2. The van der Waals surface area contributed by atoms with E-state index in [1.165, 1.54) is 41.3 Å². The molecule has 0 spiro atoms. The van der Waals surface area contributed by atoms with Gasteiger partial charge in [-0.15, -0.1) is 0 Å². The first kappa shape index (κ1) is 31.2. The van der Waals surface area contributed by atoms with Gasteiger partial charge in [0.05, 0.1) is 10.6 Å². The van der Waals surface area contributed by atoms with Crippen molar-refractivity contribution in [1.82, 2.24) is 10.2 Å². The Hall–Kier alpha value is -4.70. The topological polar surface area (TPSA) is 96.0 Å². The van der Waals surface area contributed by atoms with E-state index in [-0.39, 0.29) is 23.0 Å². The predicted molar refractivity (Wildman–Crippen MR) is 164 cm³/mol. The van der Waals surface area contributed by atoms with Crippen molar-refractivity contribution in [2.24, 2.45) is 0 Å². The second-order valence-electron chi connectivity index (χ2n) is 9.85. The molecule has 8 nitrogen and oxygen atoms in total. The molecule has 0 saturated heterocycles. The molecule has 0 aliphatic carbocycles. The second-order valence-corrected chi connectivity index (χ2v) is 11.7. The highest BCUT2D eigenvalue weighted by Crippen LogP contribution is 2.28. The summed E-state index contributed by atoms with van der Waals surface area (Å²) in [6.07, 6.45) is 0.706. The van der Waals surface area contributed by atoms with E-state index in [4.69, 9.17) is 4.74 Å². The van der Waals surface area contributed by atoms with Crippen molar-refractivity contribution in [3.8, 4) is 11.5 Å². The second kappa shape index (κ2) is 14.5. The fraction of sp³-hybridized carbons (Fsp3) is 0.212. The number of nitrogens with one attached hydrogen (secondary N) is 1. The number of para-hydroxylation sites is 1. The number of benzene rings is 4. The molecule has 224 valence electrons. The lowest BCUT2D eigenvalue weighted by Gasteiger charge is -2.32. The third-order valence-electron chi connectivity index (χ3n) is 6.70. The van der Waals surface area contributed by atoms with E-state index < -0.39 is 34.3 Å². The summed E-state index contributed by atoms with van der Waals surface area (Å²) in [6, 6.07) is 28.0. The molecule has 0 bridgehead atoms. The van der Waals surface area contributed by atoms with Gasteiger partial charge in [0, 0.05) is 13.1 Å². The first-order valence-electron chi connectivity index (χ1n) is 13.9. The van der Waals surface area contributed by atoms with Gasteiger partial charge in [0.15, 0.2) is 0 Å². The molecule has 4 aromatic carbocycles. The van der Waals surface area contributed by atoms with Crippen molar-refractivity contribution in [2.75, 3.05) is 17.4 Å². The van der Waals surface area contributed by atoms with Crippen LogP contribution in [0.2, 0.25) is 0 Å². The van der Waals surface area contributed by atoms with Crippen LogP contribution in [0, 0.1) is 5.82 Å². The van der Waals surface area contributed by atoms with Crippen LogP contribution in [-0.2, 0) is 26.2 Å². The molecule has 1 unspecified atom stereocenters. The van der Waals surface area contributed by atoms with Crippen LogP contribution in [0.15, 0.2) is 114 Å². The van der Waals surface area contributed by atoms with E-state index in [0.717, 1.165) is 4.31 Å². The summed E-state index contributed by atoms with van der Waals surface area (Å²) >= 11 is 0.